The summed E-state index contributed by atoms with van der Waals surface area (Å²) in [6.45, 7) is 3.85. The van der Waals surface area contributed by atoms with Gasteiger partial charge in [-0.2, -0.15) is 0 Å². The second-order valence-electron chi connectivity index (χ2n) is 5.74. The number of Topliss-reactive ketones (excluding diaryl/α,β-unsaturated/α-hetero) is 1. The molecule has 5 heteroatoms. The lowest BCUT2D eigenvalue weighted by atomic mass is 9.90. The Labute approximate surface area is 109 Å². The van der Waals surface area contributed by atoms with Crippen LogP contribution in [-0.2, 0) is 14.6 Å². The van der Waals surface area contributed by atoms with E-state index in [1.54, 1.807) is 0 Å². The third kappa shape index (κ3) is 3.12. The van der Waals surface area contributed by atoms with Crippen molar-refractivity contribution in [2.24, 2.45) is 11.3 Å². The predicted octanol–water partition coefficient (Wildman–Crippen LogP) is 1.16. The third-order valence-electron chi connectivity index (χ3n) is 4.35. The Kier molecular flexibility index (Phi) is 4.11. The summed E-state index contributed by atoms with van der Waals surface area (Å²) < 4.78 is 23.2. The Morgan fingerprint density at radius 3 is 2.56 bits per heavy atom. The second kappa shape index (κ2) is 5.29. The summed E-state index contributed by atoms with van der Waals surface area (Å²) in [7, 11) is -3.01. The van der Waals surface area contributed by atoms with Crippen LogP contribution in [0.3, 0.4) is 0 Å². The molecule has 1 N–H and O–H groups in total. The highest BCUT2D eigenvalue weighted by molar-refractivity contribution is 7.91. The second-order valence-corrected chi connectivity index (χ2v) is 8.04. The Bertz CT molecular complexity index is 410. The van der Waals surface area contributed by atoms with Crippen LogP contribution in [0.1, 0.15) is 39.0 Å². The van der Waals surface area contributed by atoms with E-state index in [0.29, 0.717) is 6.42 Å². The standard InChI is InChI=1S/C13H23NO3S/c1-2-8-18(16,17)9-3-12(15)11-10-13(11)4-6-14-7-5-13/h11,14H,2-10H2,1H3. The van der Waals surface area contributed by atoms with Gasteiger partial charge in [-0.25, -0.2) is 8.42 Å². The smallest absolute Gasteiger partial charge is 0.150 e. The molecule has 0 aromatic rings. The van der Waals surface area contributed by atoms with Gasteiger partial charge in [0.05, 0.1) is 5.75 Å². The van der Waals surface area contributed by atoms with E-state index in [0.717, 1.165) is 32.4 Å². The number of nitrogens with one attached hydrogen (secondary N) is 1. The molecular formula is C13H23NO3S. The van der Waals surface area contributed by atoms with Crippen LogP contribution in [0.4, 0.5) is 0 Å². The van der Waals surface area contributed by atoms with E-state index in [2.05, 4.69) is 5.32 Å². The highest BCUT2D eigenvalue weighted by atomic mass is 32.2. The minimum absolute atomic E-state index is 0.0461. The molecule has 2 aliphatic rings. The van der Waals surface area contributed by atoms with Gasteiger partial charge in [-0.3, -0.25) is 4.79 Å². The minimum Gasteiger partial charge on any atom is -0.317 e. The van der Waals surface area contributed by atoms with E-state index in [1.165, 1.54) is 0 Å². The van der Waals surface area contributed by atoms with Crippen molar-refractivity contribution < 1.29 is 13.2 Å². The van der Waals surface area contributed by atoms with Crippen LogP contribution in [0.15, 0.2) is 0 Å². The summed E-state index contributed by atoms with van der Waals surface area (Å²) in [5.74, 6) is 0.581. The van der Waals surface area contributed by atoms with Crippen LogP contribution in [-0.4, -0.2) is 38.8 Å². The van der Waals surface area contributed by atoms with Gasteiger partial charge in [0.15, 0.2) is 9.84 Å². The molecule has 2 fully saturated rings. The fourth-order valence-corrected chi connectivity index (χ4v) is 4.46. The first-order valence-electron chi connectivity index (χ1n) is 6.93. The maximum atomic E-state index is 12.0. The first-order chi connectivity index (χ1) is 8.49. The van der Waals surface area contributed by atoms with E-state index >= 15 is 0 Å². The van der Waals surface area contributed by atoms with Gasteiger partial charge in [-0.05, 0) is 44.2 Å². The number of rotatable bonds is 6. The van der Waals surface area contributed by atoms with E-state index in [-0.39, 0.29) is 35.0 Å². The molecule has 18 heavy (non-hydrogen) atoms. The van der Waals surface area contributed by atoms with Crippen molar-refractivity contribution in [1.29, 1.82) is 0 Å². The lowest BCUT2D eigenvalue weighted by molar-refractivity contribution is -0.120. The average Bonchev–Trinajstić information content (AvgIpc) is 3.01. The highest BCUT2D eigenvalue weighted by Crippen LogP contribution is 2.59. The van der Waals surface area contributed by atoms with Crippen molar-refractivity contribution in [2.75, 3.05) is 24.6 Å². The summed E-state index contributed by atoms with van der Waals surface area (Å²) in [4.78, 5) is 12.0. The molecule has 1 unspecified atom stereocenters. The van der Waals surface area contributed by atoms with Crippen molar-refractivity contribution in [3.05, 3.63) is 0 Å². The zero-order valence-electron chi connectivity index (χ0n) is 11.1. The van der Waals surface area contributed by atoms with Gasteiger partial charge in [0.25, 0.3) is 0 Å². The SMILES string of the molecule is CCCS(=O)(=O)CCC(=O)C1CC12CCNCC2. The van der Waals surface area contributed by atoms with Crippen molar-refractivity contribution in [3.8, 4) is 0 Å². The van der Waals surface area contributed by atoms with E-state index in [9.17, 15) is 13.2 Å². The van der Waals surface area contributed by atoms with Crippen LogP contribution in [0, 0.1) is 11.3 Å². The zero-order chi connectivity index (χ0) is 13.2. The number of piperidine rings is 1. The summed E-state index contributed by atoms with van der Waals surface area (Å²) in [5.41, 5.74) is 0.233. The molecule has 1 saturated heterocycles. The molecule has 1 aliphatic heterocycles. The largest absolute Gasteiger partial charge is 0.317 e. The van der Waals surface area contributed by atoms with Crippen LogP contribution >= 0.6 is 0 Å². The number of carbonyl (C=O) groups is 1. The first-order valence-corrected chi connectivity index (χ1v) is 8.75. The Balaban J connectivity index is 1.80. The first kappa shape index (κ1) is 14.0. The minimum atomic E-state index is -3.01. The molecular weight excluding hydrogens is 250 g/mol. The van der Waals surface area contributed by atoms with Gasteiger partial charge in [-0.1, -0.05) is 6.92 Å². The lowest BCUT2D eigenvalue weighted by Crippen LogP contribution is -2.31. The van der Waals surface area contributed by atoms with Crippen LogP contribution < -0.4 is 5.32 Å². The van der Waals surface area contributed by atoms with E-state index in [1.807, 2.05) is 6.92 Å². The molecule has 0 aromatic carbocycles. The molecule has 4 nitrogen and oxygen atoms in total. The number of hydrogen-bond donors (Lipinski definition) is 1. The maximum Gasteiger partial charge on any atom is 0.150 e. The lowest BCUT2D eigenvalue weighted by Gasteiger charge is -2.23. The molecule has 104 valence electrons. The number of carbonyl (C=O) groups excluding carboxylic acids is 1. The summed E-state index contributed by atoms with van der Waals surface area (Å²) in [5, 5.41) is 3.31. The molecule has 2 rings (SSSR count). The number of sulfone groups is 1. The van der Waals surface area contributed by atoms with Crippen molar-refractivity contribution >= 4 is 15.6 Å². The van der Waals surface area contributed by atoms with Crippen LogP contribution in [0.2, 0.25) is 0 Å². The van der Waals surface area contributed by atoms with Gasteiger partial charge < -0.3 is 5.32 Å². The number of hydrogen-bond acceptors (Lipinski definition) is 4. The van der Waals surface area contributed by atoms with E-state index in [4.69, 9.17) is 0 Å². The van der Waals surface area contributed by atoms with Gasteiger partial charge in [0, 0.05) is 18.1 Å². The fraction of sp³-hybridized carbons (Fsp3) is 0.923. The molecule has 1 saturated carbocycles. The monoisotopic (exact) mass is 273 g/mol. The molecule has 0 aromatic heterocycles. The zero-order valence-corrected chi connectivity index (χ0v) is 11.9. The van der Waals surface area contributed by atoms with Crippen LogP contribution in [0.25, 0.3) is 0 Å². The van der Waals surface area contributed by atoms with Gasteiger partial charge in [-0.15, -0.1) is 0 Å². The Morgan fingerprint density at radius 1 is 1.28 bits per heavy atom. The quantitative estimate of drug-likeness (QED) is 0.789. The molecule has 0 amide bonds. The predicted molar refractivity (Wildman–Crippen MR) is 71.2 cm³/mol. The van der Waals surface area contributed by atoms with Gasteiger partial charge in [0.2, 0.25) is 0 Å². The molecule has 1 atom stereocenters. The number of ketones is 1. The van der Waals surface area contributed by atoms with Crippen molar-refractivity contribution in [3.63, 3.8) is 0 Å². The molecule has 1 heterocycles. The maximum absolute atomic E-state index is 12.0. The Morgan fingerprint density at radius 2 is 1.94 bits per heavy atom. The molecule has 1 aliphatic carbocycles. The average molecular weight is 273 g/mol. The summed E-state index contributed by atoms with van der Waals surface area (Å²) in [6, 6.07) is 0. The Hall–Kier alpha value is -0.420. The van der Waals surface area contributed by atoms with E-state index < -0.39 is 9.84 Å². The molecule has 1 spiro atoms. The van der Waals surface area contributed by atoms with Gasteiger partial charge in [0.1, 0.15) is 5.78 Å². The fourth-order valence-electron chi connectivity index (χ4n) is 3.12. The van der Waals surface area contributed by atoms with Crippen LogP contribution in [0.5, 0.6) is 0 Å². The van der Waals surface area contributed by atoms with Gasteiger partial charge >= 0.3 is 0 Å². The topological polar surface area (TPSA) is 63.2 Å². The van der Waals surface area contributed by atoms with Crippen molar-refractivity contribution in [1.82, 2.24) is 5.32 Å². The summed E-state index contributed by atoms with van der Waals surface area (Å²) >= 11 is 0. The summed E-state index contributed by atoms with van der Waals surface area (Å²) in [6.07, 6.45) is 4.00. The molecule has 0 radical (unpaired) electrons. The third-order valence-corrected chi connectivity index (χ3v) is 6.21. The normalized spacial score (nSPS) is 26.2. The van der Waals surface area contributed by atoms with Crippen molar-refractivity contribution in [2.45, 2.75) is 39.0 Å². The highest BCUT2D eigenvalue weighted by Gasteiger charge is 2.56. The molecule has 0 bridgehead atoms.